The van der Waals surface area contributed by atoms with Crippen LogP contribution in [0, 0.1) is 0 Å². The van der Waals surface area contributed by atoms with Gasteiger partial charge in [0.15, 0.2) is 11.4 Å². The minimum Gasteiger partial charge on any atom is -0.452 e. The standard InChI is InChI=1S/C52H39N3O/c1-51(2)38-23-13-11-21-35(38)45-40(51)24-15-26-42(45)55(34-19-9-6-10-20-34)43-27-16-25-41-46(43)37-31-33(29-30-39(37)52(41,3)4)50-53-47(32-17-7-5-8-18-32)49-48(54-50)36-22-12-14-28-44(36)56-49/h5-31H,1-4H3. The second kappa shape index (κ2) is 11.9. The summed E-state index contributed by atoms with van der Waals surface area (Å²) in [6, 6.07) is 58.6. The van der Waals surface area contributed by atoms with E-state index < -0.39 is 0 Å². The number of para-hydroxylation sites is 2. The van der Waals surface area contributed by atoms with Gasteiger partial charge in [-0.3, -0.25) is 0 Å². The van der Waals surface area contributed by atoms with E-state index in [0.717, 1.165) is 44.7 Å². The molecule has 268 valence electrons. The van der Waals surface area contributed by atoms with Crippen LogP contribution in [0.15, 0.2) is 168 Å². The molecule has 2 aromatic heterocycles. The van der Waals surface area contributed by atoms with Gasteiger partial charge in [0.25, 0.3) is 0 Å². The lowest BCUT2D eigenvalue weighted by Crippen LogP contribution is -2.17. The predicted octanol–water partition coefficient (Wildman–Crippen LogP) is 13.8. The number of aromatic nitrogens is 2. The van der Waals surface area contributed by atoms with E-state index in [1.165, 1.54) is 50.2 Å². The highest BCUT2D eigenvalue weighted by Gasteiger charge is 2.41. The van der Waals surface area contributed by atoms with Gasteiger partial charge in [-0.2, -0.15) is 0 Å². The second-order valence-corrected chi connectivity index (χ2v) is 16.2. The zero-order chi connectivity index (χ0) is 37.8. The fourth-order valence-electron chi connectivity index (χ4n) is 9.53. The van der Waals surface area contributed by atoms with E-state index in [1.54, 1.807) is 0 Å². The lowest BCUT2D eigenvalue weighted by molar-refractivity contribution is 0.660. The summed E-state index contributed by atoms with van der Waals surface area (Å²) in [7, 11) is 0. The van der Waals surface area contributed by atoms with Crippen LogP contribution < -0.4 is 4.90 Å². The molecular weight excluding hydrogens is 683 g/mol. The first-order valence-corrected chi connectivity index (χ1v) is 19.4. The van der Waals surface area contributed by atoms with Gasteiger partial charge in [0.05, 0.1) is 11.4 Å². The van der Waals surface area contributed by atoms with Gasteiger partial charge in [-0.05, 0) is 75.8 Å². The van der Waals surface area contributed by atoms with Crippen molar-refractivity contribution in [3.63, 3.8) is 0 Å². The molecule has 0 aliphatic heterocycles. The molecule has 0 bridgehead atoms. The Morgan fingerprint density at radius 1 is 0.482 bits per heavy atom. The van der Waals surface area contributed by atoms with E-state index in [4.69, 9.17) is 14.4 Å². The molecule has 0 unspecified atom stereocenters. The van der Waals surface area contributed by atoms with E-state index >= 15 is 0 Å². The molecule has 0 saturated heterocycles. The fourth-order valence-corrected chi connectivity index (χ4v) is 9.53. The van der Waals surface area contributed by atoms with Gasteiger partial charge in [-0.15, -0.1) is 0 Å². The average molecular weight is 722 g/mol. The van der Waals surface area contributed by atoms with Gasteiger partial charge in [-0.1, -0.05) is 149 Å². The van der Waals surface area contributed by atoms with Crippen molar-refractivity contribution >= 4 is 39.1 Å². The summed E-state index contributed by atoms with van der Waals surface area (Å²) in [6.45, 7) is 9.40. The molecule has 0 atom stereocenters. The summed E-state index contributed by atoms with van der Waals surface area (Å²) in [4.78, 5) is 13.0. The van der Waals surface area contributed by atoms with Crippen LogP contribution >= 0.6 is 0 Å². The van der Waals surface area contributed by atoms with Gasteiger partial charge in [-0.25, -0.2) is 9.97 Å². The molecule has 2 heterocycles. The normalized spacial score (nSPS) is 14.4. The summed E-state index contributed by atoms with van der Waals surface area (Å²) < 4.78 is 6.44. The third-order valence-electron chi connectivity index (χ3n) is 12.3. The number of anilines is 3. The molecule has 0 amide bonds. The Labute approximate surface area is 326 Å². The first kappa shape index (κ1) is 32.6. The molecule has 4 nitrogen and oxygen atoms in total. The van der Waals surface area contributed by atoms with Crippen molar-refractivity contribution in [1.29, 1.82) is 0 Å². The minimum absolute atomic E-state index is 0.119. The number of hydrogen-bond acceptors (Lipinski definition) is 4. The van der Waals surface area contributed by atoms with Crippen LogP contribution in [0.1, 0.15) is 49.9 Å². The average Bonchev–Trinajstić information content (AvgIpc) is 3.81. The van der Waals surface area contributed by atoms with E-state index in [2.05, 4.69) is 160 Å². The smallest absolute Gasteiger partial charge is 0.180 e. The quantitative estimate of drug-likeness (QED) is 0.177. The van der Waals surface area contributed by atoms with E-state index in [1.807, 2.05) is 36.4 Å². The van der Waals surface area contributed by atoms with Crippen molar-refractivity contribution in [2.75, 3.05) is 4.90 Å². The monoisotopic (exact) mass is 721 g/mol. The van der Waals surface area contributed by atoms with E-state index in [-0.39, 0.29) is 10.8 Å². The van der Waals surface area contributed by atoms with Crippen molar-refractivity contribution in [2.45, 2.75) is 38.5 Å². The van der Waals surface area contributed by atoms with Crippen molar-refractivity contribution in [3.8, 4) is 44.9 Å². The Kier molecular flexibility index (Phi) is 6.91. The van der Waals surface area contributed by atoms with Crippen LogP contribution in [-0.4, -0.2) is 9.97 Å². The molecule has 11 rings (SSSR count). The summed E-state index contributed by atoms with van der Waals surface area (Å²) >= 11 is 0. The molecule has 9 aromatic rings. The Hall–Kier alpha value is -6.78. The zero-order valence-corrected chi connectivity index (χ0v) is 31.8. The fraction of sp³-hybridized carbons (Fsp3) is 0.115. The maximum Gasteiger partial charge on any atom is 0.180 e. The maximum absolute atomic E-state index is 6.44. The molecular formula is C52H39N3O. The Morgan fingerprint density at radius 2 is 1.07 bits per heavy atom. The molecule has 7 aromatic carbocycles. The summed E-state index contributed by atoms with van der Waals surface area (Å²) in [5, 5.41) is 0.983. The van der Waals surface area contributed by atoms with Crippen molar-refractivity contribution in [2.24, 2.45) is 0 Å². The number of rotatable bonds is 5. The van der Waals surface area contributed by atoms with Gasteiger partial charge in [0.2, 0.25) is 0 Å². The van der Waals surface area contributed by atoms with E-state index in [0.29, 0.717) is 11.4 Å². The van der Waals surface area contributed by atoms with Gasteiger partial charge in [0.1, 0.15) is 16.8 Å². The van der Waals surface area contributed by atoms with Gasteiger partial charge in [0, 0.05) is 44.2 Å². The summed E-state index contributed by atoms with van der Waals surface area (Å²) in [5.74, 6) is 0.675. The molecule has 0 N–H and O–H groups in total. The second-order valence-electron chi connectivity index (χ2n) is 16.2. The Bertz CT molecular complexity index is 3030. The molecule has 56 heavy (non-hydrogen) atoms. The molecule has 0 fully saturated rings. The molecule has 2 aliphatic rings. The lowest BCUT2D eigenvalue weighted by atomic mass is 9.82. The minimum atomic E-state index is -0.227. The van der Waals surface area contributed by atoms with Crippen molar-refractivity contribution in [3.05, 3.63) is 186 Å². The first-order valence-electron chi connectivity index (χ1n) is 19.4. The Morgan fingerprint density at radius 3 is 1.80 bits per heavy atom. The SMILES string of the molecule is CC1(C)c2ccccc2-c2c(N(c3ccccc3)c3cccc4c3-c3cc(-c5nc(-c6ccccc6)c6oc7ccccc7c6n5)ccc3C4(C)C)cccc21. The lowest BCUT2D eigenvalue weighted by Gasteiger charge is -2.31. The topological polar surface area (TPSA) is 42.2 Å². The number of furan rings is 1. The highest BCUT2D eigenvalue weighted by Crippen LogP contribution is 2.58. The number of nitrogens with zero attached hydrogens (tertiary/aromatic N) is 3. The predicted molar refractivity (Wildman–Crippen MR) is 230 cm³/mol. The van der Waals surface area contributed by atoms with Crippen molar-refractivity contribution < 1.29 is 4.42 Å². The van der Waals surface area contributed by atoms with Crippen LogP contribution in [0.2, 0.25) is 0 Å². The summed E-state index contributed by atoms with van der Waals surface area (Å²) in [5.41, 5.74) is 18.5. The molecule has 4 heteroatoms. The van der Waals surface area contributed by atoms with Crippen LogP contribution in [0.3, 0.4) is 0 Å². The Balaban J connectivity index is 1.16. The van der Waals surface area contributed by atoms with E-state index in [9.17, 15) is 0 Å². The third-order valence-corrected chi connectivity index (χ3v) is 12.3. The van der Waals surface area contributed by atoms with Crippen molar-refractivity contribution in [1.82, 2.24) is 9.97 Å². The molecule has 0 radical (unpaired) electrons. The zero-order valence-electron chi connectivity index (χ0n) is 31.8. The molecule has 2 aliphatic carbocycles. The number of benzene rings is 7. The van der Waals surface area contributed by atoms with Gasteiger partial charge >= 0.3 is 0 Å². The summed E-state index contributed by atoms with van der Waals surface area (Å²) in [6.07, 6.45) is 0. The third kappa shape index (κ3) is 4.59. The van der Waals surface area contributed by atoms with Gasteiger partial charge < -0.3 is 9.32 Å². The largest absolute Gasteiger partial charge is 0.452 e. The highest BCUT2D eigenvalue weighted by atomic mass is 16.3. The van der Waals surface area contributed by atoms with Crippen LogP contribution in [0.5, 0.6) is 0 Å². The van der Waals surface area contributed by atoms with Crippen LogP contribution in [0.4, 0.5) is 17.1 Å². The molecule has 0 spiro atoms. The highest BCUT2D eigenvalue weighted by molar-refractivity contribution is 6.07. The van der Waals surface area contributed by atoms with Crippen LogP contribution in [-0.2, 0) is 10.8 Å². The number of hydrogen-bond donors (Lipinski definition) is 0. The van der Waals surface area contributed by atoms with Crippen LogP contribution in [0.25, 0.3) is 67.0 Å². The number of fused-ring (bicyclic) bond motifs is 9. The first-order chi connectivity index (χ1) is 27.3. The maximum atomic E-state index is 6.44. The molecule has 0 saturated carbocycles.